The van der Waals surface area contributed by atoms with Crippen LogP contribution in [0.15, 0.2) is 18.2 Å². The van der Waals surface area contributed by atoms with Crippen molar-refractivity contribution < 1.29 is 0 Å². The van der Waals surface area contributed by atoms with Crippen molar-refractivity contribution in [3.05, 3.63) is 23.9 Å². The van der Waals surface area contributed by atoms with Crippen molar-refractivity contribution in [1.29, 1.82) is 0 Å². The Labute approximate surface area is 97.8 Å². The van der Waals surface area contributed by atoms with E-state index >= 15 is 0 Å². The van der Waals surface area contributed by atoms with Gasteiger partial charge in [0, 0.05) is 13.1 Å². The zero-order valence-corrected chi connectivity index (χ0v) is 10.6. The molecule has 0 aliphatic heterocycles. The van der Waals surface area contributed by atoms with Gasteiger partial charge in [-0.1, -0.05) is 26.8 Å². The number of hydrogen-bond acceptors (Lipinski definition) is 4. The van der Waals surface area contributed by atoms with Crippen LogP contribution in [0.1, 0.15) is 26.5 Å². The number of nitrogens with zero attached hydrogens (tertiary/aromatic N) is 2. The average Bonchev–Trinajstić information content (AvgIpc) is 2.15. The Bertz CT molecular complexity index is 330. The van der Waals surface area contributed by atoms with Crippen molar-refractivity contribution in [2.75, 3.05) is 19.0 Å². The number of hydrogen-bond donors (Lipinski definition) is 2. The third-order valence-electron chi connectivity index (χ3n) is 2.13. The molecule has 0 saturated carbocycles. The number of anilines is 1. The number of nitrogen functional groups attached to an aromatic ring is 1. The minimum Gasteiger partial charge on any atom is -0.308 e. The van der Waals surface area contributed by atoms with Crippen LogP contribution in [-0.2, 0) is 6.54 Å². The normalized spacial score (nSPS) is 11.9. The summed E-state index contributed by atoms with van der Waals surface area (Å²) in [7, 11) is 2.11. The van der Waals surface area contributed by atoms with E-state index in [9.17, 15) is 0 Å². The first kappa shape index (κ1) is 12.9. The van der Waals surface area contributed by atoms with Gasteiger partial charge >= 0.3 is 0 Å². The van der Waals surface area contributed by atoms with E-state index in [4.69, 9.17) is 5.84 Å². The number of rotatable bonds is 4. The second kappa shape index (κ2) is 5.27. The van der Waals surface area contributed by atoms with E-state index < -0.39 is 0 Å². The summed E-state index contributed by atoms with van der Waals surface area (Å²) < 4.78 is 0. The Morgan fingerprint density at radius 3 is 2.62 bits per heavy atom. The van der Waals surface area contributed by atoms with Crippen molar-refractivity contribution in [1.82, 2.24) is 9.88 Å². The van der Waals surface area contributed by atoms with Gasteiger partial charge < -0.3 is 10.3 Å². The lowest BCUT2D eigenvalue weighted by molar-refractivity contribution is 0.219. The summed E-state index contributed by atoms with van der Waals surface area (Å²) in [5.41, 5.74) is 3.89. The Balaban J connectivity index is 2.59. The smallest absolute Gasteiger partial charge is 0.140 e. The van der Waals surface area contributed by atoms with Gasteiger partial charge in [0.25, 0.3) is 0 Å². The Morgan fingerprint density at radius 1 is 1.38 bits per heavy atom. The SMILES string of the molecule is CN(Cc1cccc(NN)n1)CC(C)(C)C. The van der Waals surface area contributed by atoms with Crippen LogP contribution in [0.25, 0.3) is 0 Å². The Morgan fingerprint density at radius 2 is 2.06 bits per heavy atom. The van der Waals surface area contributed by atoms with E-state index in [0.29, 0.717) is 11.2 Å². The fourth-order valence-corrected chi connectivity index (χ4v) is 1.79. The van der Waals surface area contributed by atoms with E-state index in [1.54, 1.807) is 0 Å². The fraction of sp³-hybridized carbons (Fsp3) is 0.583. The molecule has 0 unspecified atom stereocenters. The molecule has 1 heterocycles. The molecule has 0 spiro atoms. The van der Waals surface area contributed by atoms with E-state index in [2.05, 4.69) is 43.1 Å². The lowest BCUT2D eigenvalue weighted by Gasteiger charge is -2.26. The summed E-state index contributed by atoms with van der Waals surface area (Å²) >= 11 is 0. The van der Waals surface area contributed by atoms with Crippen molar-refractivity contribution in [3.63, 3.8) is 0 Å². The van der Waals surface area contributed by atoms with Crippen molar-refractivity contribution in [2.24, 2.45) is 11.3 Å². The van der Waals surface area contributed by atoms with Gasteiger partial charge in [-0.05, 0) is 24.6 Å². The average molecular weight is 222 g/mol. The molecule has 0 amide bonds. The van der Waals surface area contributed by atoms with Crippen LogP contribution in [0.2, 0.25) is 0 Å². The number of hydrazine groups is 1. The molecule has 0 aromatic carbocycles. The van der Waals surface area contributed by atoms with E-state index in [-0.39, 0.29) is 0 Å². The zero-order valence-electron chi connectivity index (χ0n) is 10.6. The van der Waals surface area contributed by atoms with Crippen LogP contribution < -0.4 is 11.3 Å². The molecule has 4 heteroatoms. The second-order valence-electron chi connectivity index (χ2n) is 5.39. The molecule has 16 heavy (non-hydrogen) atoms. The third kappa shape index (κ3) is 4.59. The largest absolute Gasteiger partial charge is 0.308 e. The van der Waals surface area contributed by atoms with Crippen LogP contribution in [0.4, 0.5) is 5.82 Å². The summed E-state index contributed by atoms with van der Waals surface area (Å²) in [6, 6.07) is 5.83. The van der Waals surface area contributed by atoms with Crippen LogP contribution in [0, 0.1) is 5.41 Å². The molecule has 0 saturated heterocycles. The van der Waals surface area contributed by atoms with Gasteiger partial charge in [0.2, 0.25) is 0 Å². The highest BCUT2D eigenvalue weighted by atomic mass is 15.2. The molecule has 1 aromatic heterocycles. The highest BCUT2D eigenvalue weighted by Crippen LogP contribution is 2.15. The van der Waals surface area contributed by atoms with E-state index in [1.165, 1.54) is 0 Å². The highest BCUT2D eigenvalue weighted by Gasteiger charge is 2.13. The topological polar surface area (TPSA) is 54.2 Å². The molecule has 1 aromatic rings. The second-order valence-corrected chi connectivity index (χ2v) is 5.39. The molecule has 0 aliphatic carbocycles. The molecule has 0 atom stereocenters. The summed E-state index contributed by atoms with van der Waals surface area (Å²) in [6.45, 7) is 8.57. The molecule has 0 bridgehead atoms. The molecular formula is C12H22N4. The van der Waals surface area contributed by atoms with Gasteiger partial charge in [0.1, 0.15) is 5.82 Å². The first-order valence-electron chi connectivity index (χ1n) is 5.52. The van der Waals surface area contributed by atoms with Crippen molar-refractivity contribution >= 4 is 5.82 Å². The van der Waals surface area contributed by atoms with Crippen LogP contribution in [0.3, 0.4) is 0 Å². The van der Waals surface area contributed by atoms with E-state index in [1.807, 2.05) is 18.2 Å². The Kier molecular flexibility index (Phi) is 4.26. The first-order valence-corrected chi connectivity index (χ1v) is 5.52. The molecule has 3 N–H and O–H groups in total. The maximum atomic E-state index is 5.33. The van der Waals surface area contributed by atoms with Gasteiger partial charge in [0.05, 0.1) is 5.69 Å². The summed E-state index contributed by atoms with van der Waals surface area (Å²) in [5.74, 6) is 6.04. The molecular weight excluding hydrogens is 200 g/mol. The molecule has 0 radical (unpaired) electrons. The number of nitrogens with one attached hydrogen (secondary N) is 1. The number of nitrogens with two attached hydrogens (primary N) is 1. The molecule has 0 fully saturated rings. The lowest BCUT2D eigenvalue weighted by atomic mass is 9.96. The van der Waals surface area contributed by atoms with Gasteiger partial charge in [0.15, 0.2) is 0 Å². The summed E-state index contributed by atoms with van der Waals surface area (Å²) in [6.07, 6.45) is 0. The molecule has 4 nitrogen and oxygen atoms in total. The molecule has 1 rings (SSSR count). The Hall–Kier alpha value is -1.13. The quantitative estimate of drug-likeness (QED) is 0.603. The maximum absolute atomic E-state index is 5.33. The van der Waals surface area contributed by atoms with Gasteiger partial charge in [-0.15, -0.1) is 0 Å². The van der Waals surface area contributed by atoms with Crippen LogP contribution >= 0.6 is 0 Å². The molecule has 90 valence electrons. The summed E-state index contributed by atoms with van der Waals surface area (Å²) in [5, 5.41) is 0. The maximum Gasteiger partial charge on any atom is 0.140 e. The number of pyridine rings is 1. The minimum absolute atomic E-state index is 0.304. The molecule has 0 aliphatic rings. The van der Waals surface area contributed by atoms with Crippen LogP contribution in [-0.4, -0.2) is 23.5 Å². The van der Waals surface area contributed by atoms with Crippen molar-refractivity contribution in [2.45, 2.75) is 27.3 Å². The predicted octanol–water partition coefficient (Wildman–Crippen LogP) is 1.85. The predicted molar refractivity (Wildman–Crippen MR) is 67.8 cm³/mol. The standard InChI is InChI=1S/C12H22N4/c1-12(2,3)9-16(4)8-10-6-5-7-11(14-10)15-13/h5-7H,8-9,13H2,1-4H3,(H,14,15). The van der Waals surface area contributed by atoms with Crippen LogP contribution in [0.5, 0.6) is 0 Å². The summed E-state index contributed by atoms with van der Waals surface area (Å²) in [4.78, 5) is 6.65. The fourth-order valence-electron chi connectivity index (χ4n) is 1.79. The third-order valence-corrected chi connectivity index (χ3v) is 2.13. The minimum atomic E-state index is 0.304. The van der Waals surface area contributed by atoms with Gasteiger partial charge in [-0.2, -0.15) is 0 Å². The first-order chi connectivity index (χ1) is 7.40. The lowest BCUT2D eigenvalue weighted by Crippen LogP contribution is -2.29. The number of aromatic nitrogens is 1. The van der Waals surface area contributed by atoms with Crippen molar-refractivity contribution in [3.8, 4) is 0 Å². The monoisotopic (exact) mass is 222 g/mol. The van der Waals surface area contributed by atoms with Gasteiger partial charge in [-0.3, -0.25) is 0 Å². The van der Waals surface area contributed by atoms with E-state index in [0.717, 1.165) is 18.8 Å². The van der Waals surface area contributed by atoms with Gasteiger partial charge in [-0.25, -0.2) is 10.8 Å². The zero-order chi connectivity index (χ0) is 12.2. The highest BCUT2D eigenvalue weighted by molar-refractivity contribution is 5.33.